The Hall–Kier alpha value is -0.720. The number of benzene rings is 1. The molecule has 2 aromatic rings. The lowest BCUT2D eigenvalue weighted by molar-refractivity contribution is 0.574. The molecule has 1 aromatic heterocycles. The highest BCUT2D eigenvalue weighted by molar-refractivity contribution is 9.10. The van der Waals surface area contributed by atoms with E-state index in [1.165, 1.54) is 6.07 Å². The van der Waals surface area contributed by atoms with Crippen LogP contribution < -0.4 is 5.32 Å². The van der Waals surface area contributed by atoms with E-state index in [0.717, 1.165) is 38.9 Å². The van der Waals surface area contributed by atoms with Crippen molar-refractivity contribution in [2.24, 2.45) is 0 Å². The minimum atomic E-state index is -0.219. The Bertz CT molecular complexity index is 626. The van der Waals surface area contributed by atoms with E-state index in [9.17, 15) is 4.39 Å². The lowest BCUT2D eigenvalue weighted by Crippen LogP contribution is -2.17. The summed E-state index contributed by atoms with van der Waals surface area (Å²) in [4.78, 5) is 0. The van der Waals surface area contributed by atoms with E-state index in [4.69, 9.17) is 0 Å². The molecule has 0 aliphatic heterocycles. The molecular weight excluding hydrogens is 401 g/mol. The van der Waals surface area contributed by atoms with Crippen LogP contribution in [0.3, 0.4) is 0 Å². The molecule has 0 saturated heterocycles. The highest BCUT2D eigenvalue weighted by atomic mass is 79.9. The molecule has 1 N–H and O–H groups in total. The fourth-order valence-corrected chi connectivity index (χ4v) is 3.27. The molecule has 21 heavy (non-hydrogen) atoms. The van der Waals surface area contributed by atoms with Gasteiger partial charge < -0.3 is 5.32 Å². The summed E-state index contributed by atoms with van der Waals surface area (Å²) in [6.07, 6.45) is 0.899. The molecular formula is C15H18Br2FN3. The van der Waals surface area contributed by atoms with Gasteiger partial charge >= 0.3 is 0 Å². The first-order valence-corrected chi connectivity index (χ1v) is 8.54. The first-order chi connectivity index (χ1) is 10.1. The topological polar surface area (TPSA) is 29.9 Å². The van der Waals surface area contributed by atoms with Gasteiger partial charge in [0, 0.05) is 24.1 Å². The van der Waals surface area contributed by atoms with Crippen LogP contribution in [0, 0.1) is 5.82 Å². The van der Waals surface area contributed by atoms with Gasteiger partial charge in [0.15, 0.2) is 0 Å². The molecule has 3 nitrogen and oxygen atoms in total. The van der Waals surface area contributed by atoms with Gasteiger partial charge in [-0.1, -0.05) is 22.9 Å². The zero-order valence-corrected chi connectivity index (χ0v) is 15.3. The molecule has 114 valence electrons. The van der Waals surface area contributed by atoms with Crippen molar-refractivity contribution in [2.45, 2.75) is 39.9 Å². The second-order valence-corrected chi connectivity index (χ2v) is 6.36. The van der Waals surface area contributed by atoms with Crippen LogP contribution in [-0.2, 0) is 26.1 Å². The highest BCUT2D eigenvalue weighted by Gasteiger charge is 2.13. The molecule has 0 aliphatic rings. The predicted molar refractivity (Wildman–Crippen MR) is 89.6 cm³/mol. The molecule has 2 rings (SSSR count). The average Bonchev–Trinajstić information content (AvgIpc) is 2.79. The van der Waals surface area contributed by atoms with Gasteiger partial charge in [0.05, 0.1) is 15.9 Å². The first kappa shape index (κ1) is 16.6. The molecule has 0 bridgehead atoms. The third kappa shape index (κ3) is 3.93. The molecule has 0 atom stereocenters. The summed E-state index contributed by atoms with van der Waals surface area (Å²) < 4.78 is 17.2. The van der Waals surface area contributed by atoms with Crippen LogP contribution in [0.5, 0.6) is 0 Å². The lowest BCUT2D eigenvalue weighted by atomic mass is 10.2. The zero-order chi connectivity index (χ0) is 15.4. The number of aromatic nitrogens is 2. The summed E-state index contributed by atoms with van der Waals surface area (Å²) >= 11 is 7.06. The van der Waals surface area contributed by atoms with Gasteiger partial charge in [0.1, 0.15) is 5.82 Å². The van der Waals surface area contributed by atoms with Gasteiger partial charge in [-0.3, -0.25) is 4.68 Å². The molecule has 6 heteroatoms. The van der Waals surface area contributed by atoms with Crippen molar-refractivity contribution < 1.29 is 4.39 Å². The number of nitrogens with zero attached hydrogens (tertiary/aromatic N) is 2. The monoisotopic (exact) mass is 417 g/mol. The molecule has 1 heterocycles. The Kier molecular flexibility index (Phi) is 5.96. The van der Waals surface area contributed by atoms with Crippen molar-refractivity contribution in [1.82, 2.24) is 15.1 Å². The number of aryl methyl sites for hydroxylation is 2. The Morgan fingerprint density at radius 1 is 1.24 bits per heavy atom. The second kappa shape index (κ2) is 7.51. The van der Waals surface area contributed by atoms with Crippen LogP contribution in [0.4, 0.5) is 4.39 Å². The van der Waals surface area contributed by atoms with Gasteiger partial charge in [-0.25, -0.2) is 4.39 Å². The Morgan fingerprint density at radius 3 is 2.67 bits per heavy atom. The van der Waals surface area contributed by atoms with Crippen LogP contribution in [0.1, 0.15) is 30.8 Å². The number of rotatable bonds is 6. The van der Waals surface area contributed by atoms with E-state index in [2.05, 4.69) is 56.1 Å². The second-order valence-electron chi connectivity index (χ2n) is 4.72. The molecule has 0 amide bonds. The standard InChI is InChI=1S/C15H18Br2FN3/c1-3-13-15(17)14(21(4-2)20-13)9-19-8-10-7-11(18)5-6-12(10)16/h5-7,19H,3-4,8-9H2,1-2H3. The third-order valence-electron chi connectivity index (χ3n) is 3.31. The summed E-state index contributed by atoms with van der Waals surface area (Å²) in [5.41, 5.74) is 3.10. The van der Waals surface area contributed by atoms with Gasteiger partial charge in [-0.05, 0) is 53.0 Å². The Labute approximate surface area is 141 Å². The summed E-state index contributed by atoms with van der Waals surface area (Å²) in [6, 6.07) is 4.72. The maximum Gasteiger partial charge on any atom is 0.123 e. The van der Waals surface area contributed by atoms with Gasteiger partial charge in [0.25, 0.3) is 0 Å². The van der Waals surface area contributed by atoms with Crippen molar-refractivity contribution >= 4 is 31.9 Å². The van der Waals surface area contributed by atoms with Crippen LogP contribution >= 0.6 is 31.9 Å². The van der Waals surface area contributed by atoms with E-state index in [1.807, 2.05) is 4.68 Å². The van der Waals surface area contributed by atoms with Crippen LogP contribution in [0.2, 0.25) is 0 Å². The van der Waals surface area contributed by atoms with Gasteiger partial charge in [0.2, 0.25) is 0 Å². The quantitative estimate of drug-likeness (QED) is 0.752. The van der Waals surface area contributed by atoms with E-state index in [0.29, 0.717) is 13.1 Å². The van der Waals surface area contributed by atoms with Crippen LogP contribution in [0.15, 0.2) is 27.1 Å². The molecule has 0 aliphatic carbocycles. The smallest absolute Gasteiger partial charge is 0.123 e. The SMILES string of the molecule is CCc1nn(CC)c(CNCc2cc(F)ccc2Br)c1Br. The van der Waals surface area contributed by atoms with Gasteiger partial charge in [-0.2, -0.15) is 5.10 Å². The van der Waals surface area contributed by atoms with E-state index < -0.39 is 0 Å². The van der Waals surface area contributed by atoms with Crippen LogP contribution in [-0.4, -0.2) is 9.78 Å². The fourth-order valence-electron chi connectivity index (χ4n) is 2.18. The molecule has 0 unspecified atom stereocenters. The van der Waals surface area contributed by atoms with Gasteiger partial charge in [-0.15, -0.1) is 0 Å². The minimum absolute atomic E-state index is 0.219. The molecule has 0 fully saturated rings. The van der Waals surface area contributed by atoms with Crippen molar-refractivity contribution in [2.75, 3.05) is 0 Å². The zero-order valence-electron chi connectivity index (χ0n) is 12.1. The predicted octanol–water partition coefficient (Wildman–Crippen LogP) is 4.42. The van der Waals surface area contributed by atoms with Crippen molar-refractivity contribution in [3.63, 3.8) is 0 Å². The largest absolute Gasteiger partial charge is 0.307 e. The van der Waals surface area contributed by atoms with Crippen molar-refractivity contribution in [3.05, 3.63) is 49.9 Å². The number of hydrogen-bond acceptors (Lipinski definition) is 2. The number of hydrogen-bond donors (Lipinski definition) is 1. The normalized spacial score (nSPS) is 11.1. The van der Waals surface area contributed by atoms with Crippen molar-refractivity contribution in [1.29, 1.82) is 0 Å². The molecule has 0 radical (unpaired) electrons. The van der Waals surface area contributed by atoms with Crippen LogP contribution in [0.25, 0.3) is 0 Å². The Morgan fingerprint density at radius 2 is 2.00 bits per heavy atom. The maximum atomic E-state index is 13.3. The molecule has 0 spiro atoms. The lowest BCUT2D eigenvalue weighted by Gasteiger charge is -2.09. The fraction of sp³-hybridized carbons (Fsp3) is 0.400. The highest BCUT2D eigenvalue weighted by Crippen LogP contribution is 2.23. The molecule has 0 saturated carbocycles. The van der Waals surface area contributed by atoms with Crippen molar-refractivity contribution in [3.8, 4) is 0 Å². The summed E-state index contributed by atoms with van der Waals surface area (Å²) in [5.74, 6) is -0.219. The number of halogens is 3. The van der Waals surface area contributed by atoms with E-state index in [-0.39, 0.29) is 5.82 Å². The number of nitrogens with one attached hydrogen (secondary N) is 1. The first-order valence-electron chi connectivity index (χ1n) is 6.95. The Balaban J connectivity index is 2.06. The third-order valence-corrected chi connectivity index (χ3v) is 5.00. The average molecular weight is 419 g/mol. The maximum absolute atomic E-state index is 13.3. The minimum Gasteiger partial charge on any atom is -0.307 e. The molecule has 1 aromatic carbocycles. The van der Waals surface area contributed by atoms with E-state index >= 15 is 0 Å². The summed E-state index contributed by atoms with van der Waals surface area (Å²) in [5, 5.41) is 7.92. The summed E-state index contributed by atoms with van der Waals surface area (Å²) in [7, 11) is 0. The summed E-state index contributed by atoms with van der Waals surface area (Å²) in [6.45, 7) is 6.28. The van der Waals surface area contributed by atoms with E-state index in [1.54, 1.807) is 12.1 Å².